The van der Waals surface area contributed by atoms with Gasteiger partial charge in [0.15, 0.2) is 0 Å². The fraction of sp³-hybridized carbons (Fsp3) is 0.391. The van der Waals surface area contributed by atoms with Gasteiger partial charge < -0.3 is 0 Å². The second kappa shape index (κ2) is 5.09. The molecule has 2 saturated carbocycles. The molecule has 23 heavy (non-hydrogen) atoms. The van der Waals surface area contributed by atoms with Crippen LogP contribution in [0.3, 0.4) is 0 Å². The Morgan fingerprint density at radius 1 is 0.826 bits per heavy atom. The van der Waals surface area contributed by atoms with Crippen molar-refractivity contribution in [3.63, 3.8) is 0 Å². The molecule has 2 aromatic carbocycles. The minimum atomic E-state index is 0.300. The van der Waals surface area contributed by atoms with E-state index in [1.54, 1.807) is 5.57 Å². The summed E-state index contributed by atoms with van der Waals surface area (Å²) in [6.07, 6.45) is 4.10. The summed E-state index contributed by atoms with van der Waals surface area (Å²) in [5, 5.41) is 0. The highest BCUT2D eigenvalue weighted by Crippen LogP contribution is 2.67. The molecule has 0 heteroatoms. The van der Waals surface area contributed by atoms with E-state index in [2.05, 4.69) is 81.4 Å². The van der Waals surface area contributed by atoms with E-state index in [-0.39, 0.29) is 0 Å². The summed E-state index contributed by atoms with van der Waals surface area (Å²) < 4.78 is 0. The summed E-state index contributed by atoms with van der Waals surface area (Å²) in [5.41, 5.74) is 6.59. The fourth-order valence-corrected chi connectivity index (χ4v) is 5.35. The van der Waals surface area contributed by atoms with Gasteiger partial charge in [0.25, 0.3) is 0 Å². The maximum absolute atomic E-state index is 2.50. The Morgan fingerprint density at radius 3 is 1.78 bits per heavy atom. The molecule has 2 aliphatic carbocycles. The van der Waals surface area contributed by atoms with E-state index in [9.17, 15) is 0 Å². The molecule has 2 atom stereocenters. The van der Waals surface area contributed by atoms with Crippen LogP contribution >= 0.6 is 0 Å². The average molecular weight is 302 g/mol. The van der Waals surface area contributed by atoms with Gasteiger partial charge in [-0.05, 0) is 58.3 Å². The highest BCUT2D eigenvalue weighted by atomic mass is 14.6. The van der Waals surface area contributed by atoms with E-state index in [1.165, 1.54) is 36.0 Å². The minimum absolute atomic E-state index is 0.300. The third-order valence-corrected chi connectivity index (χ3v) is 6.38. The number of benzene rings is 2. The van der Waals surface area contributed by atoms with Gasteiger partial charge in [-0.3, -0.25) is 0 Å². The van der Waals surface area contributed by atoms with Crippen LogP contribution in [-0.2, 0) is 0 Å². The van der Waals surface area contributed by atoms with E-state index in [4.69, 9.17) is 0 Å². The lowest BCUT2D eigenvalue weighted by atomic mass is 9.65. The Labute approximate surface area is 140 Å². The standard InChI is InChI=1S/C23H26/c1-22(2)19-14-15-23(3,16-19)21(22)20(17-10-6-4-7-11-17)18-12-8-5-9-13-18/h4-13,19H,14-16H2,1-3H3. The van der Waals surface area contributed by atoms with Gasteiger partial charge in [0.1, 0.15) is 0 Å². The third-order valence-electron chi connectivity index (χ3n) is 6.38. The van der Waals surface area contributed by atoms with Crippen LogP contribution in [-0.4, -0.2) is 0 Å². The smallest absolute Gasteiger partial charge is 0.00984 e. The monoisotopic (exact) mass is 302 g/mol. The predicted molar refractivity (Wildman–Crippen MR) is 98.1 cm³/mol. The van der Waals surface area contributed by atoms with E-state index in [0.717, 1.165) is 5.92 Å². The first-order valence-corrected chi connectivity index (χ1v) is 8.88. The number of allylic oxidation sites excluding steroid dienone is 1. The van der Waals surface area contributed by atoms with Crippen LogP contribution in [0.2, 0.25) is 0 Å². The lowest BCUT2D eigenvalue weighted by molar-refractivity contribution is 0.275. The molecule has 2 bridgehead atoms. The van der Waals surface area contributed by atoms with Crippen LogP contribution in [0, 0.1) is 16.7 Å². The van der Waals surface area contributed by atoms with E-state index >= 15 is 0 Å². The Bertz CT molecular complexity index is 688. The molecule has 2 fully saturated rings. The maximum Gasteiger partial charge on any atom is -0.00984 e. The van der Waals surface area contributed by atoms with Crippen molar-refractivity contribution < 1.29 is 0 Å². The average Bonchev–Trinajstić information content (AvgIpc) is 3.04. The Hall–Kier alpha value is -1.82. The van der Waals surface area contributed by atoms with Crippen molar-refractivity contribution in [3.05, 3.63) is 77.4 Å². The van der Waals surface area contributed by atoms with E-state index < -0.39 is 0 Å². The number of rotatable bonds is 2. The van der Waals surface area contributed by atoms with Crippen LogP contribution in [0.4, 0.5) is 0 Å². The molecule has 0 nitrogen and oxygen atoms in total. The molecular formula is C23H26. The molecule has 0 radical (unpaired) electrons. The zero-order chi connectivity index (χ0) is 16.1. The minimum Gasteiger partial charge on any atom is -0.0622 e. The van der Waals surface area contributed by atoms with Gasteiger partial charge in [-0.1, -0.05) is 81.4 Å². The lowest BCUT2D eigenvalue weighted by Gasteiger charge is -2.39. The van der Waals surface area contributed by atoms with Crippen molar-refractivity contribution in [2.45, 2.75) is 40.0 Å². The Morgan fingerprint density at radius 2 is 1.35 bits per heavy atom. The molecule has 118 valence electrons. The highest BCUT2D eigenvalue weighted by Gasteiger charge is 2.56. The summed E-state index contributed by atoms with van der Waals surface area (Å²) in [5.74, 6) is 0.838. The summed E-state index contributed by atoms with van der Waals surface area (Å²) in [4.78, 5) is 0. The van der Waals surface area contributed by atoms with E-state index in [1.807, 2.05) is 0 Å². The molecule has 2 aliphatic rings. The van der Waals surface area contributed by atoms with Gasteiger partial charge in [-0.15, -0.1) is 0 Å². The van der Waals surface area contributed by atoms with Crippen LogP contribution in [0.15, 0.2) is 66.2 Å². The first-order chi connectivity index (χ1) is 11.0. The van der Waals surface area contributed by atoms with Crippen molar-refractivity contribution in [2.75, 3.05) is 0 Å². The lowest BCUT2D eigenvalue weighted by Crippen LogP contribution is -2.28. The molecule has 0 saturated heterocycles. The van der Waals surface area contributed by atoms with Gasteiger partial charge in [0, 0.05) is 0 Å². The van der Waals surface area contributed by atoms with Crippen molar-refractivity contribution in [2.24, 2.45) is 16.7 Å². The first-order valence-electron chi connectivity index (χ1n) is 8.88. The molecule has 2 unspecified atom stereocenters. The molecule has 4 rings (SSSR count). The number of fused-ring (bicyclic) bond motifs is 2. The van der Waals surface area contributed by atoms with Crippen LogP contribution in [0.5, 0.6) is 0 Å². The fourth-order valence-electron chi connectivity index (χ4n) is 5.35. The van der Waals surface area contributed by atoms with Crippen molar-refractivity contribution in [1.82, 2.24) is 0 Å². The topological polar surface area (TPSA) is 0 Å². The molecule has 0 amide bonds. The SMILES string of the molecule is CC12CCC(C1)C(C)(C)C2=C(c1ccccc1)c1ccccc1. The summed E-state index contributed by atoms with van der Waals surface area (Å²) in [6.45, 7) is 7.45. The van der Waals surface area contributed by atoms with Crippen LogP contribution in [0.25, 0.3) is 5.57 Å². The second-order valence-electron chi connectivity index (χ2n) is 8.20. The molecule has 0 aliphatic heterocycles. The number of hydrogen-bond acceptors (Lipinski definition) is 0. The summed E-state index contributed by atoms with van der Waals surface area (Å²) in [7, 11) is 0. The van der Waals surface area contributed by atoms with Gasteiger partial charge in [-0.25, -0.2) is 0 Å². The van der Waals surface area contributed by atoms with Crippen molar-refractivity contribution >= 4 is 5.57 Å². The zero-order valence-corrected chi connectivity index (χ0v) is 14.5. The summed E-state index contributed by atoms with van der Waals surface area (Å²) >= 11 is 0. The second-order valence-corrected chi connectivity index (χ2v) is 8.20. The van der Waals surface area contributed by atoms with Gasteiger partial charge in [0.2, 0.25) is 0 Å². The van der Waals surface area contributed by atoms with Gasteiger partial charge in [-0.2, -0.15) is 0 Å². The molecule has 0 spiro atoms. The third kappa shape index (κ3) is 2.19. The van der Waals surface area contributed by atoms with Crippen molar-refractivity contribution in [1.29, 1.82) is 0 Å². The molecule has 0 heterocycles. The maximum atomic E-state index is 2.50. The molecule has 0 aromatic heterocycles. The predicted octanol–water partition coefficient (Wildman–Crippen LogP) is 6.33. The van der Waals surface area contributed by atoms with Gasteiger partial charge in [0.05, 0.1) is 0 Å². The van der Waals surface area contributed by atoms with Crippen LogP contribution < -0.4 is 0 Å². The zero-order valence-electron chi connectivity index (χ0n) is 14.5. The number of hydrogen-bond donors (Lipinski definition) is 0. The first kappa shape index (κ1) is 14.8. The van der Waals surface area contributed by atoms with Gasteiger partial charge >= 0.3 is 0 Å². The largest absolute Gasteiger partial charge is 0.0622 e. The van der Waals surface area contributed by atoms with Crippen molar-refractivity contribution in [3.8, 4) is 0 Å². The Balaban J connectivity index is 2.03. The highest BCUT2D eigenvalue weighted by molar-refractivity contribution is 5.84. The summed E-state index contributed by atoms with van der Waals surface area (Å²) in [6, 6.07) is 22.0. The Kier molecular flexibility index (Phi) is 3.27. The quantitative estimate of drug-likeness (QED) is 0.607. The molecular weight excluding hydrogens is 276 g/mol. The molecule has 0 N–H and O–H groups in total. The van der Waals surface area contributed by atoms with E-state index in [0.29, 0.717) is 10.8 Å². The molecule has 2 aromatic rings. The normalized spacial score (nSPS) is 28.1. The van der Waals surface area contributed by atoms with Crippen LogP contribution in [0.1, 0.15) is 51.2 Å².